The minimum atomic E-state index is -5.05. The number of piperidine rings is 1. The van der Waals surface area contributed by atoms with E-state index in [2.05, 4.69) is 10.2 Å². The second kappa shape index (κ2) is 10.6. The van der Waals surface area contributed by atoms with Crippen LogP contribution in [-0.4, -0.2) is 61.0 Å². The third-order valence-corrected chi connectivity index (χ3v) is 7.91. The summed E-state index contributed by atoms with van der Waals surface area (Å²) in [4.78, 5) is 16.9. The number of rotatable bonds is 4. The zero-order chi connectivity index (χ0) is 27.1. The van der Waals surface area contributed by atoms with Gasteiger partial charge in [-0.3, -0.25) is 9.69 Å². The zero-order valence-corrected chi connectivity index (χ0v) is 21.3. The molecule has 2 atom stereocenters. The van der Waals surface area contributed by atoms with Crippen molar-refractivity contribution >= 4 is 29.1 Å². The van der Waals surface area contributed by atoms with E-state index in [9.17, 15) is 31.1 Å². The fraction of sp³-hybridized carbons (Fsp3) is 0.480. The van der Waals surface area contributed by atoms with Crippen molar-refractivity contribution in [2.75, 3.05) is 33.2 Å². The Morgan fingerprint density at radius 1 is 0.919 bits per heavy atom. The normalized spacial score (nSPS) is 21.9. The van der Waals surface area contributed by atoms with Crippen LogP contribution in [0.15, 0.2) is 36.4 Å². The SMILES string of the molecule is CN(C(=O)c1cc(C(F)(F)F)cc(C(F)(F)F)c1)[C@@H]1CN(C2CCNCC2)C[C@@H]1c1ccc(Cl)c(Cl)c1. The van der Waals surface area contributed by atoms with Crippen molar-refractivity contribution in [1.29, 1.82) is 0 Å². The van der Waals surface area contributed by atoms with Crippen molar-refractivity contribution in [2.45, 2.75) is 43.2 Å². The lowest BCUT2D eigenvalue weighted by molar-refractivity contribution is -0.143. The van der Waals surface area contributed by atoms with Crippen LogP contribution < -0.4 is 5.32 Å². The molecule has 202 valence electrons. The van der Waals surface area contributed by atoms with Gasteiger partial charge in [0.25, 0.3) is 5.91 Å². The molecule has 2 aromatic rings. The van der Waals surface area contributed by atoms with E-state index in [0.717, 1.165) is 31.5 Å². The maximum absolute atomic E-state index is 13.4. The van der Waals surface area contributed by atoms with Crippen LogP contribution in [0.4, 0.5) is 26.3 Å². The Kier molecular flexibility index (Phi) is 8.05. The van der Waals surface area contributed by atoms with Crippen molar-refractivity contribution < 1.29 is 31.1 Å². The molecule has 0 unspecified atom stereocenters. The molecule has 2 aliphatic rings. The van der Waals surface area contributed by atoms with Crippen molar-refractivity contribution in [2.24, 2.45) is 0 Å². The summed E-state index contributed by atoms with van der Waals surface area (Å²) in [5.41, 5.74) is -2.93. The Balaban J connectivity index is 1.69. The van der Waals surface area contributed by atoms with Crippen LogP contribution in [-0.2, 0) is 12.4 Å². The number of likely N-dealkylation sites (N-methyl/N-ethyl adjacent to an activating group) is 1. The topological polar surface area (TPSA) is 35.6 Å². The summed E-state index contributed by atoms with van der Waals surface area (Å²) < 4.78 is 80.3. The molecule has 1 N–H and O–H groups in total. The Labute approximate surface area is 220 Å². The van der Waals surface area contributed by atoms with Crippen molar-refractivity contribution in [3.63, 3.8) is 0 Å². The monoisotopic (exact) mass is 567 g/mol. The Morgan fingerprint density at radius 2 is 1.51 bits per heavy atom. The number of carbonyl (C=O) groups excluding carboxylic acids is 1. The number of halogens is 8. The van der Waals surface area contributed by atoms with Gasteiger partial charge in [0.15, 0.2) is 0 Å². The second-order valence-corrected chi connectivity index (χ2v) is 10.3. The summed E-state index contributed by atoms with van der Waals surface area (Å²) in [5, 5.41) is 3.97. The molecule has 2 fully saturated rings. The minimum Gasteiger partial charge on any atom is -0.337 e. The molecular formula is C25H25Cl2F6N3O. The molecule has 37 heavy (non-hydrogen) atoms. The summed E-state index contributed by atoms with van der Waals surface area (Å²) in [5.74, 6) is -1.19. The predicted octanol–water partition coefficient (Wildman–Crippen LogP) is 6.32. The molecule has 12 heteroatoms. The molecule has 0 bridgehead atoms. The highest BCUT2D eigenvalue weighted by molar-refractivity contribution is 6.42. The first kappa shape index (κ1) is 28.0. The Morgan fingerprint density at radius 3 is 2.05 bits per heavy atom. The first-order valence-electron chi connectivity index (χ1n) is 11.7. The number of nitrogens with zero attached hydrogens (tertiary/aromatic N) is 2. The molecule has 2 aromatic carbocycles. The third-order valence-electron chi connectivity index (χ3n) is 7.17. The van der Waals surface area contributed by atoms with Gasteiger partial charge in [-0.05, 0) is 61.8 Å². The predicted molar refractivity (Wildman–Crippen MR) is 129 cm³/mol. The Hall–Kier alpha value is -2.01. The number of likely N-dealkylation sites (tertiary alicyclic amines) is 1. The van der Waals surface area contributed by atoms with E-state index < -0.39 is 41.0 Å². The molecule has 2 aliphatic heterocycles. The number of hydrogen-bond acceptors (Lipinski definition) is 3. The standard InChI is InChI=1S/C25H25Cl2F6N3O/c1-35(23(37)15-8-16(24(28,29)30)11-17(9-15)25(31,32)33)22-13-36(18-4-6-34-7-5-18)12-19(22)14-2-3-20(26)21(27)10-14/h2-3,8-11,18-19,22,34H,4-7,12-13H2,1H3/t19-,22-/m1/s1. The van der Waals surface area contributed by atoms with Crippen LogP contribution in [0.25, 0.3) is 0 Å². The van der Waals surface area contributed by atoms with Crippen LogP contribution in [0.3, 0.4) is 0 Å². The Bertz CT molecular complexity index is 1120. The summed E-state index contributed by atoms with van der Waals surface area (Å²) in [7, 11) is 1.41. The van der Waals surface area contributed by atoms with Gasteiger partial charge in [0.05, 0.1) is 27.2 Å². The largest absolute Gasteiger partial charge is 0.416 e. The highest BCUT2D eigenvalue weighted by Gasteiger charge is 2.42. The molecular weight excluding hydrogens is 543 g/mol. The van der Waals surface area contributed by atoms with Crippen LogP contribution in [0, 0.1) is 0 Å². The van der Waals surface area contributed by atoms with Crippen molar-refractivity contribution in [1.82, 2.24) is 15.1 Å². The lowest BCUT2D eigenvalue weighted by atomic mass is 9.93. The highest BCUT2D eigenvalue weighted by atomic mass is 35.5. The molecule has 0 saturated carbocycles. The number of alkyl halides is 6. The fourth-order valence-electron chi connectivity index (χ4n) is 5.18. The zero-order valence-electron chi connectivity index (χ0n) is 19.8. The first-order valence-corrected chi connectivity index (χ1v) is 12.5. The fourth-order valence-corrected chi connectivity index (χ4v) is 5.49. The average Bonchev–Trinajstić information content (AvgIpc) is 3.29. The lowest BCUT2D eigenvalue weighted by Gasteiger charge is -2.32. The highest BCUT2D eigenvalue weighted by Crippen LogP contribution is 2.39. The van der Waals surface area contributed by atoms with E-state index in [-0.39, 0.29) is 18.0 Å². The van der Waals surface area contributed by atoms with Gasteiger partial charge in [-0.15, -0.1) is 0 Å². The van der Waals surface area contributed by atoms with Crippen LogP contribution in [0.1, 0.15) is 45.8 Å². The van der Waals surface area contributed by atoms with E-state index in [0.29, 0.717) is 35.3 Å². The number of nitrogens with one attached hydrogen (secondary N) is 1. The van der Waals surface area contributed by atoms with Gasteiger partial charge in [0, 0.05) is 37.7 Å². The van der Waals surface area contributed by atoms with Gasteiger partial charge >= 0.3 is 12.4 Å². The molecule has 1 amide bonds. The van der Waals surface area contributed by atoms with Crippen LogP contribution >= 0.6 is 23.2 Å². The van der Waals surface area contributed by atoms with E-state index >= 15 is 0 Å². The quantitative estimate of drug-likeness (QED) is 0.439. The number of benzene rings is 2. The summed E-state index contributed by atoms with van der Waals surface area (Å²) in [6.07, 6.45) is -8.31. The molecule has 0 spiro atoms. The average molecular weight is 568 g/mol. The van der Waals surface area contributed by atoms with Crippen LogP contribution in [0.5, 0.6) is 0 Å². The van der Waals surface area contributed by atoms with Crippen molar-refractivity contribution in [3.05, 3.63) is 68.7 Å². The van der Waals surface area contributed by atoms with Gasteiger partial charge in [-0.1, -0.05) is 29.3 Å². The van der Waals surface area contributed by atoms with Gasteiger partial charge in [-0.2, -0.15) is 26.3 Å². The first-order chi connectivity index (χ1) is 17.3. The van der Waals surface area contributed by atoms with E-state index in [4.69, 9.17) is 23.2 Å². The van der Waals surface area contributed by atoms with Gasteiger partial charge in [0.2, 0.25) is 0 Å². The minimum absolute atomic E-state index is 0.0176. The van der Waals surface area contributed by atoms with Crippen molar-refractivity contribution in [3.8, 4) is 0 Å². The lowest BCUT2D eigenvalue weighted by Crippen LogP contribution is -2.45. The summed E-state index contributed by atoms with van der Waals surface area (Å²) in [6, 6.07) is 5.80. The van der Waals surface area contributed by atoms with Crippen LogP contribution in [0.2, 0.25) is 10.0 Å². The molecule has 2 heterocycles. The number of amides is 1. The van der Waals surface area contributed by atoms with Gasteiger partial charge < -0.3 is 10.2 Å². The molecule has 0 aromatic heterocycles. The number of hydrogen-bond donors (Lipinski definition) is 1. The van der Waals surface area contributed by atoms with E-state index in [1.165, 1.54) is 11.9 Å². The summed E-state index contributed by atoms with van der Waals surface area (Å²) >= 11 is 12.3. The smallest absolute Gasteiger partial charge is 0.337 e. The summed E-state index contributed by atoms with van der Waals surface area (Å²) in [6.45, 7) is 2.65. The molecule has 4 nitrogen and oxygen atoms in total. The maximum atomic E-state index is 13.4. The number of carbonyl (C=O) groups is 1. The maximum Gasteiger partial charge on any atom is 0.416 e. The molecule has 2 saturated heterocycles. The third kappa shape index (κ3) is 6.19. The molecule has 4 rings (SSSR count). The van der Waals surface area contributed by atoms with E-state index in [1.807, 2.05) is 0 Å². The van der Waals surface area contributed by atoms with Gasteiger partial charge in [-0.25, -0.2) is 0 Å². The molecule has 0 aliphatic carbocycles. The second-order valence-electron chi connectivity index (χ2n) is 9.49. The van der Waals surface area contributed by atoms with Gasteiger partial charge in [0.1, 0.15) is 0 Å². The van der Waals surface area contributed by atoms with E-state index in [1.54, 1.807) is 18.2 Å². The molecule has 0 radical (unpaired) electrons.